The predicted molar refractivity (Wildman–Crippen MR) is 138 cm³/mol. The summed E-state index contributed by atoms with van der Waals surface area (Å²) in [5, 5.41) is 20.5. The molecule has 0 saturated heterocycles. The van der Waals surface area contributed by atoms with Gasteiger partial charge in [0.1, 0.15) is 5.76 Å². The molecule has 1 atom stereocenters. The number of furan rings is 1. The summed E-state index contributed by atoms with van der Waals surface area (Å²) in [5.41, 5.74) is 1.29. The highest BCUT2D eigenvalue weighted by Gasteiger charge is 2.46. The van der Waals surface area contributed by atoms with E-state index >= 15 is 0 Å². The highest BCUT2D eigenvalue weighted by molar-refractivity contribution is 8.00. The van der Waals surface area contributed by atoms with Crippen LogP contribution in [0.3, 0.4) is 0 Å². The van der Waals surface area contributed by atoms with E-state index in [1.165, 1.54) is 28.9 Å². The van der Waals surface area contributed by atoms with E-state index in [0.29, 0.717) is 31.5 Å². The zero-order chi connectivity index (χ0) is 25.4. The number of aliphatic hydroxyl groups excluding tert-OH is 1. The van der Waals surface area contributed by atoms with Gasteiger partial charge in [0.2, 0.25) is 10.9 Å². The number of carbonyl (C=O) groups excluding carboxylic acids is 2. The third kappa shape index (κ3) is 4.64. The lowest BCUT2D eigenvalue weighted by atomic mass is 9.96. The van der Waals surface area contributed by atoms with Gasteiger partial charge >= 0.3 is 0 Å². The molecule has 0 fully saturated rings. The number of hydrogen-bond donors (Lipinski definition) is 1. The summed E-state index contributed by atoms with van der Waals surface area (Å²) in [4.78, 5) is 31.9. The number of thioether (sulfide) groups is 1. The monoisotopic (exact) mass is 558 g/mol. The fourth-order valence-corrected chi connectivity index (χ4v) is 6.14. The maximum atomic E-state index is 13.3. The van der Waals surface area contributed by atoms with Crippen LogP contribution in [0, 0.1) is 6.92 Å². The average Bonchev–Trinajstić information content (AvgIpc) is 3.57. The van der Waals surface area contributed by atoms with Crippen molar-refractivity contribution in [1.29, 1.82) is 0 Å². The van der Waals surface area contributed by atoms with Gasteiger partial charge in [-0.1, -0.05) is 58.4 Å². The zero-order valence-electron chi connectivity index (χ0n) is 18.5. The molecule has 1 aliphatic rings. The molecule has 0 spiro atoms. The van der Waals surface area contributed by atoms with Crippen molar-refractivity contribution >= 4 is 63.1 Å². The van der Waals surface area contributed by atoms with Crippen LogP contribution in [0.15, 0.2) is 74.9 Å². The minimum atomic E-state index is -0.958. The molecular weight excluding hydrogens is 543 g/mol. The van der Waals surface area contributed by atoms with Crippen LogP contribution >= 0.6 is 46.3 Å². The second kappa shape index (κ2) is 10.1. The Bertz CT molecular complexity index is 1500. The maximum absolute atomic E-state index is 13.3. The number of carbonyl (C=O) groups is 2. The lowest BCUT2D eigenvalue weighted by Crippen LogP contribution is -2.31. The molecule has 0 aliphatic carbocycles. The third-order valence-electron chi connectivity index (χ3n) is 5.39. The second-order valence-electron chi connectivity index (χ2n) is 7.74. The van der Waals surface area contributed by atoms with Gasteiger partial charge in [-0.15, -0.1) is 10.2 Å². The van der Waals surface area contributed by atoms with Gasteiger partial charge in [0.15, 0.2) is 15.9 Å². The largest absolute Gasteiger partial charge is 0.503 e. The number of aromatic nitrogens is 3. The summed E-state index contributed by atoms with van der Waals surface area (Å²) in [6.07, 6.45) is 3.11. The maximum Gasteiger partial charge on any atom is 0.296 e. The summed E-state index contributed by atoms with van der Waals surface area (Å²) in [7, 11) is 0. The van der Waals surface area contributed by atoms with Crippen molar-refractivity contribution in [2.24, 2.45) is 0 Å². The van der Waals surface area contributed by atoms with Gasteiger partial charge in [0.05, 0.1) is 11.6 Å². The summed E-state index contributed by atoms with van der Waals surface area (Å²) >= 11 is 14.8. The average molecular weight is 559 g/mol. The molecule has 4 aromatic rings. The first kappa shape index (κ1) is 24.5. The number of benzene rings is 1. The van der Waals surface area contributed by atoms with Crippen LogP contribution in [0.2, 0.25) is 10.0 Å². The fraction of sp³-hybridized carbons (Fsp3) is 0.125. The van der Waals surface area contributed by atoms with E-state index in [2.05, 4.69) is 15.2 Å². The number of hydrogen-bond acceptors (Lipinski definition) is 9. The van der Waals surface area contributed by atoms with Crippen molar-refractivity contribution in [2.75, 3.05) is 4.90 Å². The van der Waals surface area contributed by atoms with Gasteiger partial charge in [-0.25, -0.2) is 0 Å². The number of pyridine rings is 1. The molecule has 1 unspecified atom stereocenters. The number of halogens is 2. The third-order valence-corrected chi connectivity index (χ3v) is 8.08. The summed E-state index contributed by atoms with van der Waals surface area (Å²) in [6.45, 7) is 1.70. The molecule has 12 heteroatoms. The van der Waals surface area contributed by atoms with E-state index in [-0.39, 0.29) is 16.5 Å². The normalized spacial score (nSPS) is 15.7. The summed E-state index contributed by atoms with van der Waals surface area (Å²) in [5.74, 6) is -0.962. The molecule has 1 aromatic carbocycles. The van der Waals surface area contributed by atoms with Crippen LogP contribution in [0.5, 0.6) is 0 Å². The van der Waals surface area contributed by atoms with E-state index in [0.717, 1.165) is 16.9 Å². The second-order valence-corrected chi connectivity index (χ2v) is 10.8. The number of anilines is 1. The summed E-state index contributed by atoms with van der Waals surface area (Å²) in [6, 6.07) is 10.8. The summed E-state index contributed by atoms with van der Waals surface area (Å²) < 4.78 is 6.05. The van der Waals surface area contributed by atoms with Crippen molar-refractivity contribution in [3.8, 4) is 0 Å². The van der Waals surface area contributed by atoms with Crippen LogP contribution in [0.1, 0.15) is 33.5 Å². The number of ketones is 1. The minimum Gasteiger partial charge on any atom is -0.503 e. The van der Waals surface area contributed by atoms with Crippen LogP contribution in [0.4, 0.5) is 5.13 Å². The first-order chi connectivity index (χ1) is 17.3. The molecule has 4 heterocycles. The minimum absolute atomic E-state index is 0.0194. The first-order valence-corrected chi connectivity index (χ1v) is 13.1. The van der Waals surface area contributed by atoms with Gasteiger partial charge < -0.3 is 9.52 Å². The van der Waals surface area contributed by atoms with Crippen molar-refractivity contribution in [1.82, 2.24) is 15.2 Å². The molecule has 3 aromatic heterocycles. The Morgan fingerprint density at radius 1 is 1.22 bits per heavy atom. The van der Waals surface area contributed by atoms with Crippen molar-refractivity contribution in [3.05, 3.63) is 98.9 Å². The predicted octanol–water partition coefficient (Wildman–Crippen LogP) is 6.22. The van der Waals surface area contributed by atoms with E-state index in [4.69, 9.17) is 27.6 Å². The number of aliphatic hydroxyl groups is 1. The Morgan fingerprint density at radius 3 is 2.75 bits per heavy atom. The van der Waals surface area contributed by atoms with Crippen molar-refractivity contribution in [3.63, 3.8) is 0 Å². The first-order valence-electron chi connectivity index (χ1n) is 10.5. The molecule has 0 saturated carbocycles. The number of Topliss-reactive ketones (excluding diaryl/α,β-unsaturated/α-hetero) is 1. The topological polar surface area (TPSA) is 109 Å². The number of nitrogens with zero attached hydrogens (tertiary/aromatic N) is 4. The number of aryl methyl sites for hydroxylation is 1. The van der Waals surface area contributed by atoms with E-state index in [1.54, 1.807) is 43.5 Å². The highest BCUT2D eigenvalue weighted by atomic mass is 35.5. The quantitative estimate of drug-likeness (QED) is 0.162. The fourth-order valence-electron chi connectivity index (χ4n) is 3.71. The van der Waals surface area contributed by atoms with Gasteiger partial charge in [0, 0.05) is 28.2 Å². The Kier molecular flexibility index (Phi) is 6.85. The van der Waals surface area contributed by atoms with Gasteiger partial charge in [-0.2, -0.15) is 0 Å². The number of amides is 1. The van der Waals surface area contributed by atoms with E-state index < -0.39 is 23.5 Å². The Hall–Kier alpha value is -3.18. The molecule has 1 amide bonds. The highest BCUT2D eigenvalue weighted by Crippen LogP contribution is 2.44. The molecular formula is C24H16Cl2N4O4S2. The molecule has 5 rings (SSSR count). The SMILES string of the molecule is Cc1ccc(C(=O)C2=C(O)C(=O)N(c3nnc(SCc4ccc(Cl)cc4Cl)s3)C2c2cccnc2)o1. The van der Waals surface area contributed by atoms with Gasteiger partial charge in [0.25, 0.3) is 5.91 Å². The molecule has 0 radical (unpaired) electrons. The van der Waals surface area contributed by atoms with Gasteiger partial charge in [-0.05, 0) is 48.4 Å². The van der Waals surface area contributed by atoms with Crippen molar-refractivity contribution < 1.29 is 19.1 Å². The standard InChI is InChI=1S/C24H16Cl2N4O4S2/c1-12-4-7-17(34-12)20(31)18-19(13-3-2-8-27-10-13)30(22(33)21(18)32)23-28-29-24(36-23)35-11-14-5-6-15(25)9-16(14)26/h2-10,19,32H,11H2,1H3. The Balaban J connectivity index is 1.47. The van der Waals surface area contributed by atoms with Gasteiger partial charge in [-0.3, -0.25) is 19.5 Å². The smallest absolute Gasteiger partial charge is 0.296 e. The van der Waals surface area contributed by atoms with E-state index in [9.17, 15) is 14.7 Å². The van der Waals surface area contributed by atoms with Crippen molar-refractivity contribution in [2.45, 2.75) is 23.1 Å². The Morgan fingerprint density at radius 2 is 2.06 bits per heavy atom. The van der Waals surface area contributed by atoms with Crippen LogP contribution in [0.25, 0.3) is 0 Å². The molecule has 1 N–H and O–H groups in total. The van der Waals surface area contributed by atoms with Crippen LogP contribution in [-0.2, 0) is 10.5 Å². The molecule has 0 bridgehead atoms. The van der Waals surface area contributed by atoms with Crippen LogP contribution < -0.4 is 4.90 Å². The molecule has 182 valence electrons. The lowest BCUT2D eigenvalue weighted by molar-refractivity contribution is -0.117. The molecule has 8 nitrogen and oxygen atoms in total. The van der Waals surface area contributed by atoms with Crippen LogP contribution in [-0.4, -0.2) is 32.0 Å². The zero-order valence-corrected chi connectivity index (χ0v) is 21.7. The van der Waals surface area contributed by atoms with E-state index in [1.807, 2.05) is 6.07 Å². The molecule has 1 aliphatic heterocycles. The lowest BCUT2D eigenvalue weighted by Gasteiger charge is -2.23. The molecule has 36 heavy (non-hydrogen) atoms. The number of rotatable bonds is 7. The Labute approximate surface area is 223 Å².